The monoisotopic (exact) mass is 428 g/mol. The highest BCUT2D eigenvalue weighted by Gasteiger charge is 2.34. The molecule has 1 aromatic heterocycles. The Labute approximate surface area is 176 Å². The van der Waals surface area contributed by atoms with Crippen LogP contribution < -0.4 is 10.7 Å². The van der Waals surface area contributed by atoms with E-state index < -0.39 is 23.6 Å². The molecule has 0 aliphatic heterocycles. The summed E-state index contributed by atoms with van der Waals surface area (Å²) in [6.07, 6.45) is -3.23. The van der Waals surface area contributed by atoms with Crippen LogP contribution in [0.4, 0.5) is 18.9 Å². The van der Waals surface area contributed by atoms with Crippen molar-refractivity contribution in [1.82, 2.24) is 9.99 Å². The van der Waals surface area contributed by atoms with Crippen molar-refractivity contribution < 1.29 is 22.8 Å². The molecule has 2 aromatic carbocycles. The van der Waals surface area contributed by atoms with E-state index in [4.69, 9.17) is 0 Å². The summed E-state index contributed by atoms with van der Waals surface area (Å²) in [6.45, 7) is 3.31. The smallest absolute Gasteiger partial charge is 0.318 e. The topological polar surface area (TPSA) is 75.5 Å². The molecule has 0 saturated carbocycles. The number of hydrogen-bond donors (Lipinski definition) is 2. The van der Waals surface area contributed by atoms with E-state index in [0.717, 1.165) is 6.07 Å². The Morgan fingerprint density at radius 2 is 1.61 bits per heavy atom. The summed E-state index contributed by atoms with van der Waals surface area (Å²) >= 11 is 0. The fourth-order valence-electron chi connectivity index (χ4n) is 3.12. The number of hydrazone groups is 1. The van der Waals surface area contributed by atoms with Crippen LogP contribution in [0, 0.1) is 13.8 Å². The minimum absolute atomic E-state index is 0.00377. The number of aryl methyl sites for hydroxylation is 1. The second kappa shape index (κ2) is 8.86. The van der Waals surface area contributed by atoms with Crippen LogP contribution in [0.2, 0.25) is 0 Å². The summed E-state index contributed by atoms with van der Waals surface area (Å²) in [6, 6.07) is 15.3. The minimum Gasteiger partial charge on any atom is -0.318 e. The number of benzene rings is 2. The molecule has 6 nitrogen and oxygen atoms in total. The number of halogens is 3. The molecule has 1 heterocycles. The number of rotatable bonds is 4. The molecule has 0 aliphatic carbocycles. The van der Waals surface area contributed by atoms with Crippen LogP contribution in [-0.2, 0) is 15.8 Å². The number of amides is 2. The molecule has 0 bridgehead atoms. The first kappa shape index (κ1) is 21.8. The first-order chi connectivity index (χ1) is 14.7. The molecule has 31 heavy (non-hydrogen) atoms. The van der Waals surface area contributed by atoms with Gasteiger partial charge in [-0.3, -0.25) is 9.59 Å². The molecular weight excluding hydrogens is 409 g/mol. The number of anilines is 1. The predicted molar refractivity (Wildman–Crippen MR) is 111 cm³/mol. The lowest BCUT2D eigenvalue weighted by atomic mass is 10.1. The number of carbonyl (C=O) groups excluding carboxylic acids is 2. The maximum Gasteiger partial charge on any atom is 0.418 e. The maximum atomic E-state index is 13.4. The van der Waals surface area contributed by atoms with Gasteiger partial charge in [-0.2, -0.15) is 18.3 Å². The van der Waals surface area contributed by atoms with Crippen LogP contribution in [0.5, 0.6) is 0 Å². The van der Waals surface area contributed by atoms with E-state index >= 15 is 0 Å². The third-order valence-corrected chi connectivity index (χ3v) is 4.53. The molecule has 160 valence electrons. The van der Waals surface area contributed by atoms with Crippen LogP contribution in [-0.4, -0.2) is 22.6 Å². The van der Waals surface area contributed by atoms with E-state index in [-0.39, 0.29) is 5.69 Å². The van der Waals surface area contributed by atoms with Gasteiger partial charge in [0.2, 0.25) is 0 Å². The molecular formula is C22H19F3N4O2. The van der Waals surface area contributed by atoms with Gasteiger partial charge in [-0.1, -0.05) is 30.3 Å². The van der Waals surface area contributed by atoms with Gasteiger partial charge in [0.15, 0.2) is 0 Å². The van der Waals surface area contributed by atoms with Crippen molar-refractivity contribution in [3.63, 3.8) is 0 Å². The standard InChI is InChI=1S/C22H19F3N4O2/c1-14-12-16(13-26-28-21(31)20(30)27-17-8-4-3-5-9-17)15(2)29(14)19-11-7-6-10-18(19)22(23,24)25/h3-13H,1-2H3,(H,27,30)(H,28,31)/b26-13-. The van der Waals surface area contributed by atoms with E-state index in [1.807, 2.05) is 0 Å². The average Bonchev–Trinajstić information content (AvgIpc) is 3.01. The van der Waals surface area contributed by atoms with Gasteiger partial charge in [-0.25, -0.2) is 5.43 Å². The highest BCUT2D eigenvalue weighted by Crippen LogP contribution is 2.35. The van der Waals surface area contributed by atoms with E-state index in [1.54, 1.807) is 50.2 Å². The van der Waals surface area contributed by atoms with E-state index in [1.165, 1.54) is 29.0 Å². The van der Waals surface area contributed by atoms with Gasteiger partial charge in [-0.15, -0.1) is 0 Å². The van der Waals surface area contributed by atoms with Crippen molar-refractivity contribution in [3.05, 3.63) is 83.2 Å². The Hall–Kier alpha value is -3.88. The van der Waals surface area contributed by atoms with Crippen molar-refractivity contribution >= 4 is 23.7 Å². The molecule has 9 heteroatoms. The predicted octanol–water partition coefficient (Wildman–Crippen LogP) is 4.20. The molecule has 0 spiro atoms. The van der Waals surface area contributed by atoms with Gasteiger partial charge in [0.05, 0.1) is 17.5 Å². The Morgan fingerprint density at radius 3 is 2.29 bits per heavy atom. The summed E-state index contributed by atoms with van der Waals surface area (Å²) in [4.78, 5) is 23.8. The maximum absolute atomic E-state index is 13.4. The number of nitrogens with zero attached hydrogens (tertiary/aromatic N) is 2. The lowest BCUT2D eigenvalue weighted by Crippen LogP contribution is -2.32. The molecule has 2 amide bonds. The lowest BCUT2D eigenvalue weighted by Gasteiger charge is -2.16. The number of alkyl halides is 3. The summed E-state index contributed by atoms with van der Waals surface area (Å²) in [5.41, 5.74) is 3.37. The van der Waals surface area contributed by atoms with Crippen LogP contribution in [0.3, 0.4) is 0 Å². The van der Waals surface area contributed by atoms with Crippen molar-refractivity contribution in [2.45, 2.75) is 20.0 Å². The molecule has 0 radical (unpaired) electrons. The molecule has 2 N–H and O–H groups in total. The first-order valence-electron chi connectivity index (χ1n) is 9.23. The second-order valence-corrected chi connectivity index (χ2v) is 6.70. The Balaban J connectivity index is 1.77. The number of para-hydroxylation sites is 2. The Kier molecular flexibility index (Phi) is 6.24. The fourth-order valence-corrected chi connectivity index (χ4v) is 3.12. The van der Waals surface area contributed by atoms with Gasteiger partial charge in [-0.05, 0) is 44.2 Å². The zero-order chi connectivity index (χ0) is 22.6. The number of carbonyl (C=O) groups is 2. The van der Waals surface area contributed by atoms with Gasteiger partial charge >= 0.3 is 18.0 Å². The summed E-state index contributed by atoms with van der Waals surface area (Å²) in [5.74, 6) is -1.87. The minimum atomic E-state index is -4.51. The third-order valence-electron chi connectivity index (χ3n) is 4.53. The Bertz CT molecular complexity index is 1140. The fraction of sp³-hybridized carbons (Fsp3) is 0.136. The van der Waals surface area contributed by atoms with Crippen molar-refractivity contribution in [3.8, 4) is 5.69 Å². The van der Waals surface area contributed by atoms with Crippen molar-refractivity contribution in [2.24, 2.45) is 5.10 Å². The van der Waals surface area contributed by atoms with Crippen molar-refractivity contribution in [1.29, 1.82) is 0 Å². The SMILES string of the molecule is Cc1cc(/C=N\NC(=O)C(=O)Nc2ccccc2)c(C)n1-c1ccccc1C(F)(F)F. The third kappa shape index (κ3) is 5.00. The summed E-state index contributed by atoms with van der Waals surface area (Å²) in [5, 5.41) is 6.18. The molecule has 3 aromatic rings. The molecule has 0 fully saturated rings. The number of nitrogens with one attached hydrogen (secondary N) is 2. The largest absolute Gasteiger partial charge is 0.418 e. The van der Waals surface area contributed by atoms with Gasteiger partial charge in [0.1, 0.15) is 0 Å². The molecule has 0 unspecified atom stereocenters. The van der Waals surface area contributed by atoms with Crippen LogP contribution >= 0.6 is 0 Å². The van der Waals surface area contributed by atoms with Gasteiger partial charge in [0.25, 0.3) is 0 Å². The van der Waals surface area contributed by atoms with E-state index in [9.17, 15) is 22.8 Å². The quantitative estimate of drug-likeness (QED) is 0.371. The van der Waals surface area contributed by atoms with Crippen molar-refractivity contribution in [2.75, 3.05) is 5.32 Å². The van der Waals surface area contributed by atoms with Gasteiger partial charge in [0, 0.05) is 22.6 Å². The summed E-state index contributed by atoms with van der Waals surface area (Å²) in [7, 11) is 0. The van der Waals surface area contributed by atoms with E-state index in [2.05, 4.69) is 15.8 Å². The van der Waals surface area contributed by atoms with E-state index in [0.29, 0.717) is 22.6 Å². The second-order valence-electron chi connectivity index (χ2n) is 6.70. The van der Waals surface area contributed by atoms with Crippen LogP contribution in [0.1, 0.15) is 22.5 Å². The average molecular weight is 428 g/mol. The van der Waals surface area contributed by atoms with Crippen LogP contribution in [0.25, 0.3) is 5.69 Å². The highest BCUT2D eigenvalue weighted by atomic mass is 19.4. The molecule has 0 saturated heterocycles. The Morgan fingerprint density at radius 1 is 0.968 bits per heavy atom. The highest BCUT2D eigenvalue weighted by molar-refractivity contribution is 6.39. The summed E-state index contributed by atoms with van der Waals surface area (Å²) < 4.78 is 41.7. The number of aromatic nitrogens is 1. The zero-order valence-corrected chi connectivity index (χ0v) is 16.7. The molecule has 0 aliphatic rings. The molecule has 3 rings (SSSR count). The van der Waals surface area contributed by atoms with Gasteiger partial charge < -0.3 is 9.88 Å². The molecule has 0 atom stereocenters. The lowest BCUT2D eigenvalue weighted by molar-refractivity contribution is -0.137. The number of hydrogen-bond acceptors (Lipinski definition) is 3. The zero-order valence-electron chi connectivity index (χ0n) is 16.7. The normalized spacial score (nSPS) is 11.5. The first-order valence-corrected chi connectivity index (χ1v) is 9.23. The van der Waals surface area contributed by atoms with Crippen LogP contribution in [0.15, 0.2) is 65.8 Å².